The molecular formula is C24H35N3O3S. The summed E-state index contributed by atoms with van der Waals surface area (Å²) in [6, 6.07) is 18.6. The molecule has 31 heavy (non-hydrogen) atoms. The number of hydrogen-bond donors (Lipinski definition) is 2. The predicted octanol–water partition coefficient (Wildman–Crippen LogP) is 3.23. The average molecular weight is 446 g/mol. The summed E-state index contributed by atoms with van der Waals surface area (Å²) in [6.45, 7) is 3.37. The lowest BCUT2D eigenvalue weighted by molar-refractivity contribution is 0.310. The molecule has 1 atom stereocenters. The van der Waals surface area contributed by atoms with E-state index >= 15 is 0 Å². The number of aliphatic imine (C=N–C) groups is 1. The van der Waals surface area contributed by atoms with Gasteiger partial charge >= 0.3 is 0 Å². The number of nitrogens with one attached hydrogen (secondary N) is 2. The van der Waals surface area contributed by atoms with Gasteiger partial charge in [-0.05, 0) is 55.9 Å². The first-order valence-electron chi connectivity index (χ1n) is 10.8. The summed E-state index contributed by atoms with van der Waals surface area (Å²) in [4.78, 5) is 4.22. The second kappa shape index (κ2) is 13.0. The van der Waals surface area contributed by atoms with Crippen LogP contribution in [0.2, 0.25) is 0 Å². The van der Waals surface area contributed by atoms with Crippen molar-refractivity contribution in [2.45, 2.75) is 38.6 Å². The third-order valence-electron chi connectivity index (χ3n) is 4.85. The minimum atomic E-state index is -2.95. The first-order valence-corrected chi connectivity index (χ1v) is 12.8. The summed E-state index contributed by atoms with van der Waals surface area (Å²) in [5, 5.41) is 6.52. The standard InChI is InChI=1S/C24H35N3O3S/c1-20(15-18-31(3,28)29)27-24(25-2)26-16-14-22-11-7-13-23(19-22)30-17-8-12-21-9-5-4-6-10-21/h4-7,9-11,13,19-20H,8,12,14-18H2,1-3H3,(H2,25,26,27). The molecule has 0 saturated carbocycles. The highest BCUT2D eigenvalue weighted by atomic mass is 32.2. The van der Waals surface area contributed by atoms with Crippen LogP contribution in [0, 0.1) is 0 Å². The maximum atomic E-state index is 11.3. The molecule has 2 aromatic carbocycles. The van der Waals surface area contributed by atoms with Crippen LogP contribution >= 0.6 is 0 Å². The molecule has 0 aromatic heterocycles. The first kappa shape index (κ1) is 24.7. The van der Waals surface area contributed by atoms with E-state index in [2.05, 4.69) is 52.0 Å². The molecule has 0 amide bonds. The van der Waals surface area contributed by atoms with E-state index in [1.54, 1.807) is 7.05 Å². The number of aryl methyl sites for hydroxylation is 1. The third kappa shape index (κ3) is 10.9. The Morgan fingerprint density at radius 3 is 2.52 bits per heavy atom. The van der Waals surface area contributed by atoms with Gasteiger partial charge in [-0.3, -0.25) is 4.99 Å². The molecule has 0 aliphatic carbocycles. The van der Waals surface area contributed by atoms with E-state index in [4.69, 9.17) is 4.74 Å². The second-order valence-electron chi connectivity index (χ2n) is 7.80. The van der Waals surface area contributed by atoms with Crippen molar-refractivity contribution in [2.75, 3.05) is 32.2 Å². The first-order chi connectivity index (χ1) is 14.9. The summed E-state index contributed by atoms with van der Waals surface area (Å²) in [5.41, 5.74) is 2.52. The molecule has 2 aromatic rings. The molecule has 0 fully saturated rings. The third-order valence-corrected chi connectivity index (χ3v) is 5.83. The Balaban J connectivity index is 1.70. The van der Waals surface area contributed by atoms with Crippen molar-refractivity contribution in [2.24, 2.45) is 4.99 Å². The van der Waals surface area contributed by atoms with Gasteiger partial charge in [-0.15, -0.1) is 0 Å². The maximum Gasteiger partial charge on any atom is 0.191 e. The Bertz CT molecular complexity index is 915. The van der Waals surface area contributed by atoms with Crippen molar-refractivity contribution in [3.63, 3.8) is 0 Å². The fourth-order valence-electron chi connectivity index (χ4n) is 3.12. The van der Waals surface area contributed by atoms with Gasteiger partial charge in [-0.1, -0.05) is 42.5 Å². The molecule has 0 aliphatic heterocycles. The van der Waals surface area contributed by atoms with Crippen molar-refractivity contribution in [1.82, 2.24) is 10.6 Å². The van der Waals surface area contributed by atoms with E-state index in [9.17, 15) is 8.42 Å². The van der Waals surface area contributed by atoms with Crippen LogP contribution < -0.4 is 15.4 Å². The van der Waals surface area contributed by atoms with Crippen LogP contribution in [0.1, 0.15) is 30.9 Å². The Morgan fingerprint density at radius 2 is 1.81 bits per heavy atom. The zero-order valence-electron chi connectivity index (χ0n) is 18.8. The van der Waals surface area contributed by atoms with E-state index in [1.807, 2.05) is 25.1 Å². The number of rotatable bonds is 12. The van der Waals surface area contributed by atoms with Crippen LogP contribution in [-0.2, 0) is 22.7 Å². The summed E-state index contributed by atoms with van der Waals surface area (Å²) in [5.74, 6) is 1.73. The Morgan fingerprint density at radius 1 is 1.06 bits per heavy atom. The number of hydrogen-bond acceptors (Lipinski definition) is 4. The smallest absolute Gasteiger partial charge is 0.191 e. The fraction of sp³-hybridized carbons (Fsp3) is 0.458. The van der Waals surface area contributed by atoms with Crippen LogP contribution in [0.3, 0.4) is 0 Å². The van der Waals surface area contributed by atoms with Crippen LogP contribution in [0.15, 0.2) is 59.6 Å². The van der Waals surface area contributed by atoms with Crippen molar-refractivity contribution >= 4 is 15.8 Å². The van der Waals surface area contributed by atoms with Crippen molar-refractivity contribution in [1.29, 1.82) is 0 Å². The van der Waals surface area contributed by atoms with Gasteiger partial charge in [0, 0.05) is 25.9 Å². The summed E-state index contributed by atoms with van der Waals surface area (Å²) >= 11 is 0. The van der Waals surface area contributed by atoms with Gasteiger partial charge in [0.25, 0.3) is 0 Å². The van der Waals surface area contributed by atoms with Gasteiger partial charge in [-0.25, -0.2) is 8.42 Å². The van der Waals surface area contributed by atoms with Gasteiger partial charge in [0.2, 0.25) is 0 Å². The number of sulfone groups is 1. The molecule has 170 valence electrons. The summed E-state index contributed by atoms with van der Waals surface area (Å²) in [7, 11) is -1.24. The SMILES string of the molecule is CN=C(NCCc1cccc(OCCCc2ccccc2)c1)NC(C)CCS(C)(=O)=O. The van der Waals surface area contributed by atoms with Crippen molar-refractivity contribution in [3.8, 4) is 5.75 Å². The molecule has 0 heterocycles. The molecule has 0 aliphatic rings. The summed E-state index contributed by atoms with van der Waals surface area (Å²) in [6.07, 6.45) is 4.63. The Kier molecular flexibility index (Phi) is 10.4. The molecule has 1 unspecified atom stereocenters. The highest BCUT2D eigenvalue weighted by Gasteiger charge is 2.09. The van der Waals surface area contributed by atoms with E-state index < -0.39 is 9.84 Å². The largest absolute Gasteiger partial charge is 0.494 e. The zero-order chi connectivity index (χ0) is 22.5. The quantitative estimate of drug-likeness (QED) is 0.298. The molecule has 0 bridgehead atoms. The fourth-order valence-corrected chi connectivity index (χ4v) is 3.90. The number of nitrogens with zero attached hydrogens (tertiary/aromatic N) is 1. The minimum Gasteiger partial charge on any atom is -0.494 e. The molecule has 0 spiro atoms. The Labute approximate surface area is 187 Å². The van der Waals surface area contributed by atoms with Gasteiger partial charge < -0.3 is 15.4 Å². The predicted molar refractivity (Wildman–Crippen MR) is 129 cm³/mol. The molecule has 0 saturated heterocycles. The van der Waals surface area contributed by atoms with Gasteiger partial charge in [0.05, 0.1) is 12.4 Å². The molecule has 0 radical (unpaired) electrons. The van der Waals surface area contributed by atoms with E-state index in [0.29, 0.717) is 19.0 Å². The van der Waals surface area contributed by atoms with Crippen molar-refractivity contribution < 1.29 is 13.2 Å². The Hall–Kier alpha value is -2.54. The summed E-state index contributed by atoms with van der Waals surface area (Å²) < 4.78 is 28.5. The molecule has 7 heteroatoms. The van der Waals surface area contributed by atoms with Crippen molar-refractivity contribution in [3.05, 3.63) is 65.7 Å². The average Bonchev–Trinajstić information content (AvgIpc) is 2.75. The highest BCUT2D eigenvalue weighted by Crippen LogP contribution is 2.14. The van der Waals surface area contributed by atoms with Crippen LogP contribution in [-0.4, -0.2) is 52.6 Å². The molecule has 2 rings (SSSR count). The second-order valence-corrected chi connectivity index (χ2v) is 10.1. The van der Waals surface area contributed by atoms with Gasteiger partial charge in [0.1, 0.15) is 15.6 Å². The number of guanidine groups is 1. The molecular weight excluding hydrogens is 410 g/mol. The lowest BCUT2D eigenvalue weighted by Gasteiger charge is -2.17. The minimum absolute atomic E-state index is 0.0218. The maximum absolute atomic E-state index is 11.3. The molecule has 6 nitrogen and oxygen atoms in total. The van der Waals surface area contributed by atoms with Gasteiger partial charge in [-0.2, -0.15) is 0 Å². The normalized spacial score (nSPS) is 12.9. The van der Waals surface area contributed by atoms with E-state index in [0.717, 1.165) is 31.6 Å². The van der Waals surface area contributed by atoms with E-state index in [1.165, 1.54) is 17.4 Å². The highest BCUT2D eigenvalue weighted by molar-refractivity contribution is 7.90. The number of benzene rings is 2. The van der Waals surface area contributed by atoms with Crippen LogP contribution in [0.5, 0.6) is 5.75 Å². The van der Waals surface area contributed by atoms with Gasteiger partial charge in [0.15, 0.2) is 5.96 Å². The van der Waals surface area contributed by atoms with Crippen LogP contribution in [0.4, 0.5) is 0 Å². The topological polar surface area (TPSA) is 79.8 Å². The lowest BCUT2D eigenvalue weighted by atomic mass is 10.1. The lowest BCUT2D eigenvalue weighted by Crippen LogP contribution is -2.43. The monoisotopic (exact) mass is 445 g/mol. The van der Waals surface area contributed by atoms with E-state index in [-0.39, 0.29) is 11.8 Å². The zero-order valence-corrected chi connectivity index (χ0v) is 19.6. The number of ether oxygens (including phenoxy) is 1. The molecule has 2 N–H and O–H groups in total. The van der Waals surface area contributed by atoms with Crippen LogP contribution in [0.25, 0.3) is 0 Å².